The predicted octanol–water partition coefficient (Wildman–Crippen LogP) is 6.84. The van der Waals surface area contributed by atoms with Crippen molar-refractivity contribution in [2.24, 2.45) is 20.5 Å². The molecule has 0 spiro atoms. The zero-order chi connectivity index (χ0) is 33.1. The first-order chi connectivity index (χ1) is 22.2. The molecular formula is C36H50N10+2. The summed E-state index contributed by atoms with van der Waals surface area (Å²) in [6, 6.07) is 18.0. The number of hydrogen-bond donors (Lipinski definition) is 1. The molecular weight excluding hydrogens is 572 g/mol. The van der Waals surface area contributed by atoms with Gasteiger partial charge in [-0.3, -0.25) is 0 Å². The Hall–Kier alpha value is -5.12. The molecule has 3 aromatic rings. The van der Waals surface area contributed by atoms with E-state index in [1.165, 1.54) is 0 Å². The first-order valence-corrected chi connectivity index (χ1v) is 15.6. The van der Waals surface area contributed by atoms with Crippen LogP contribution in [0.15, 0.2) is 142 Å². The number of aromatic nitrogens is 2. The van der Waals surface area contributed by atoms with Gasteiger partial charge in [0.25, 0.3) is 0 Å². The summed E-state index contributed by atoms with van der Waals surface area (Å²) in [6.45, 7) is 9.50. The van der Waals surface area contributed by atoms with Crippen molar-refractivity contribution in [2.45, 2.75) is 32.9 Å². The number of rotatable bonds is 18. The Morgan fingerprint density at radius 3 is 2.39 bits per heavy atom. The van der Waals surface area contributed by atoms with Crippen molar-refractivity contribution in [3.63, 3.8) is 0 Å². The lowest BCUT2D eigenvalue weighted by Gasteiger charge is -2.12. The molecule has 0 fully saturated rings. The Balaban J connectivity index is 1.37. The number of pyridine rings is 2. The van der Waals surface area contributed by atoms with Gasteiger partial charge in [-0.25, -0.2) is 9.13 Å². The lowest BCUT2D eigenvalue weighted by atomic mass is 10.3. The third-order valence-corrected chi connectivity index (χ3v) is 7.09. The normalized spacial score (nSPS) is 12.1. The van der Waals surface area contributed by atoms with Gasteiger partial charge in [0.15, 0.2) is 12.4 Å². The number of hydrogen-bond acceptors (Lipinski definition) is 8. The molecule has 0 radical (unpaired) electrons. The minimum absolute atomic E-state index is 0.785. The standard InChI is InChI=1S/C36H50N10/c1-8-32(17-16-31(2)42(3)4)38-40-34-14-11-25-45(30-34)26-13-24-44(7)29-23-37-22-12-28-46-27-10-9-15-36(46)41-39-33-18-20-35(21-19-33)43(5)6/h8-11,14-21,23,25,27,29-30,37H,2,12-13,22,24,26,28H2,1,3-7H3/q+2/b17-16-,29-23-,32-8+,40-38?. The summed E-state index contributed by atoms with van der Waals surface area (Å²) in [7, 11) is 10.1. The molecule has 3 rings (SSSR count). The highest BCUT2D eigenvalue weighted by molar-refractivity contribution is 5.51. The largest absolute Gasteiger partial charge is 0.390 e. The van der Waals surface area contributed by atoms with Gasteiger partial charge < -0.3 is 20.0 Å². The summed E-state index contributed by atoms with van der Waals surface area (Å²) < 4.78 is 4.28. The second-order valence-electron chi connectivity index (χ2n) is 11.3. The van der Waals surface area contributed by atoms with Crippen molar-refractivity contribution in [3.8, 4) is 0 Å². The van der Waals surface area contributed by atoms with E-state index in [0.717, 1.165) is 73.3 Å². The van der Waals surface area contributed by atoms with Crippen molar-refractivity contribution in [1.29, 1.82) is 0 Å². The van der Waals surface area contributed by atoms with Gasteiger partial charge in [0.1, 0.15) is 17.9 Å². The number of nitrogens with zero attached hydrogens (tertiary/aromatic N) is 9. The van der Waals surface area contributed by atoms with Crippen LogP contribution in [0.2, 0.25) is 0 Å². The Morgan fingerprint density at radius 2 is 1.65 bits per heavy atom. The monoisotopic (exact) mass is 622 g/mol. The van der Waals surface area contributed by atoms with Crippen LogP contribution in [-0.2, 0) is 13.1 Å². The molecule has 0 bridgehead atoms. The topological polar surface area (TPSA) is 78.9 Å². The Labute approximate surface area is 275 Å². The maximum Gasteiger partial charge on any atom is 0.350 e. The molecule has 0 saturated heterocycles. The maximum atomic E-state index is 4.49. The summed E-state index contributed by atoms with van der Waals surface area (Å²) in [4.78, 5) is 6.21. The number of nitrogens with one attached hydrogen (secondary N) is 1. The van der Waals surface area contributed by atoms with Crippen LogP contribution in [0.25, 0.3) is 0 Å². The minimum atomic E-state index is 0.785. The van der Waals surface area contributed by atoms with E-state index in [1.807, 2.05) is 131 Å². The van der Waals surface area contributed by atoms with Gasteiger partial charge in [-0.2, -0.15) is 5.11 Å². The van der Waals surface area contributed by atoms with E-state index < -0.39 is 0 Å². The molecule has 10 heteroatoms. The molecule has 242 valence electrons. The molecule has 10 nitrogen and oxygen atoms in total. The smallest absolute Gasteiger partial charge is 0.350 e. The number of anilines is 1. The quantitative estimate of drug-likeness (QED) is 0.0730. The SMILES string of the molecule is C=C(/C=C\C(=C/C)N=Nc1ccc[n+](CCCN(C)/C=C\NCCC[n+]2ccccc2N=Nc2ccc(N(C)C)cc2)c1)N(C)C. The zero-order valence-electron chi connectivity index (χ0n) is 28.3. The van der Waals surface area contributed by atoms with Crippen molar-refractivity contribution in [2.75, 3.05) is 53.2 Å². The molecule has 1 N–H and O–H groups in total. The molecule has 0 saturated carbocycles. The number of aryl methyl sites for hydroxylation is 2. The lowest BCUT2D eigenvalue weighted by molar-refractivity contribution is -0.696. The maximum absolute atomic E-state index is 4.49. The highest BCUT2D eigenvalue weighted by Crippen LogP contribution is 2.20. The van der Waals surface area contributed by atoms with Crippen LogP contribution in [0.3, 0.4) is 0 Å². The van der Waals surface area contributed by atoms with E-state index in [4.69, 9.17) is 0 Å². The third-order valence-electron chi connectivity index (χ3n) is 7.09. The van der Waals surface area contributed by atoms with E-state index in [9.17, 15) is 0 Å². The lowest BCUT2D eigenvalue weighted by Crippen LogP contribution is -2.34. The van der Waals surface area contributed by atoms with Crippen LogP contribution in [0.5, 0.6) is 0 Å². The summed E-state index contributed by atoms with van der Waals surface area (Å²) in [5.74, 6) is 0.836. The molecule has 0 aliphatic heterocycles. The summed E-state index contributed by atoms with van der Waals surface area (Å²) in [5, 5.41) is 21.1. The van der Waals surface area contributed by atoms with Gasteiger partial charge >= 0.3 is 5.82 Å². The van der Waals surface area contributed by atoms with Crippen molar-refractivity contribution < 1.29 is 9.13 Å². The average molecular weight is 623 g/mol. The summed E-state index contributed by atoms with van der Waals surface area (Å²) >= 11 is 0. The van der Waals surface area contributed by atoms with Crippen LogP contribution in [-0.4, -0.2) is 58.1 Å². The predicted molar refractivity (Wildman–Crippen MR) is 187 cm³/mol. The first kappa shape index (κ1) is 35.4. The number of azo groups is 2. The molecule has 0 aliphatic carbocycles. The Kier molecular flexibility index (Phi) is 14.8. The van der Waals surface area contributed by atoms with Gasteiger partial charge in [0, 0.05) is 97.1 Å². The molecule has 0 amide bonds. The Morgan fingerprint density at radius 1 is 0.848 bits per heavy atom. The summed E-state index contributed by atoms with van der Waals surface area (Å²) in [5.41, 5.74) is 4.48. The molecule has 1 aromatic carbocycles. The van der Waals surface area contributed by atoms with Crippen LogP contribution >= 0.6 is 0 Å². The van der Waals surface area contributed by atoms with Gasteiger partial charge in [-0.15, -0.1) is 5.11 Å². The van der Waals surface area contributed by atoms with E-state index in [-0.39, 0.29) is 0 Å². The van der Waals surface area contributed by atoms with Gasteiger partial charge in [0.2, 0.25) is 0 Å². The van der Waals surface area contributed by atoms with Crippen molar-refractivity contribution >= 4 is 22.9 Å². The van der Waals surface area contributed by atoms with Crippen LogP contribution in [0, 0.1) is 0 Å². The van der Waals surface area contributed by atoms with Gasteiger partial charge in [-0.05, 0) is 60.6 Å². The third kappa shape index (κ3) is 12.9. The zero-order valence-corrected chi connectivity index (χ0v) is 28.3. The highest BCUT2D eigenvalue weighted by atomic mass is 15.2. The first-order valence-electron chi connectivity index (χ1n) is 15.6. The van der Waals surface area contributed by atoms with E-state index >= 15 is 0 Å². The van der Waals surface area contributed by atoms with Crippen molar-refractivity contribution in [1.82, 2.24) is 15.1 Å². The van der Waals surface area contributed by atoms with Crippen LogP contribution in [0.1, 0.15) is 19.8 Å². The average Bonchev–Trinajstić information content (AvgIpc) is 3.06. The Bertz CT molecular complexity index is 1520. The number of likely N-dealkylation sites (N-methyl/N-ethyl adjacent to an activating group) is 1. The fraction of sp³-hybridized carbons (Fsp3) is 0.333. The second-order valence-corrected chi connectivity index (χ2v) is 11.3. The second kappa shape index (κ2) is 19.3. The minimum Gasteiger partial charge on any atom is -0.390 e. The van der Waals surface area contributed by atoms with Gasteiger partial charge in [0.05, 0.1) is 23.6 Å². The van der Waals surface area contributed by atoms with Crippen LogP contribution in [0.4, 0.5) is 22.9 Å². The van der Waals surface area contributed by atoms with Gasteiger partial charge in [-0.1, -0.05) is 18.7 Å². The van der Waals surface area contributed by atoms with Crippen LogP contribution < -0.4 is 19.4 Å². The summed E-state index contributed by atoms with van der Waals surface area (Å²) in [6.07, 6.45) is 18.0. The van der Waals surface area contributed by atoms with E-state index in [0.29, 0.717) is 0 Å². The molecule has 0 unspecified atom stereocenters. The molecule has 0 aliphatic rings. The van der Waals surface area contributed by atoms with E-state index in [2.05, 4.69) is 70.7 Å². The molecule has 2 heterocycles. The molecule has 46 heavy (non-hydrogen) atoms. The molecule has 0 atom stereocenters. The van der Waals surface area contributed by atoms with Crippen molar-refractivity contribution in [3.05, 3.63) is 122 Å². The number of allylic oxidation sites excluding steroid dienone is 3. The fourth-order valence-electron chi connectivity index (χ4n) is 4.21. The highest BCUT2D eigenvalue weighted by Gasteiger charge is 2.09. The van der Waals surface area contributed by atoms with E-state index in [1.54, 1.807) is 0 Å². The fourth-order valence-corrected chi connectivity index (χ4v) is 4.21. The molecule has 2 aromatic heterocycles. The number of benzene rings is 1.